The summed E-state index contributed by atoms with van der Waals surface area (Å²) in [5.74, 6) is 0. The van der Waals surface area contributed by atoms with Crippen molar-refractivity contribution in [2.75, 3.05) is 63.5 Å². The third-order valence-corrected chi connectivity index (χ3v) is 25.0. The van der Waals surface area contributed by atoms with E-state index in [2.05, 4.69) is 113 Å². The molecule has 0 unspecified atom stereocenters. The average molecular weight is 1120 g/mol. The Balaban J connectivity index is 0.00000127. The summed E-state index contributed by atoms with van der Waals surface area (Å²) >= 11 is 0. The molecule has 0 fully saturated rings. The van der Waals surface area contributed by atoms with Crippen LogP contribution in [-0.2, 0) is 35.4 Å². The first kappa shape index (κ1) is 67.8. The largest absolute Gasteiger partial charge is 2.00 e. The van der Waals surface area contributed by atoms with Crippen molar-refractivity contribution >= 4 is 101 Å². The van der Waals surface area contributed by atoms with Crippen LogP contribution >= 0.6 is 0 Å². The summed E-state index contributed by atoms with van der Waals surface area (Å²) in [5, 5.41) is 11.4. The van der Waals surface area contributed by atoms with Gasteiger partial charge in [0.25, 0.3) is 0 Å². The van der Waals surface area contributed by atoms with Crippen molar-refractivity contribution in [3.8, 4) is 0 Å². The van der Waals surface area contributed by atoms with Crippen LogP contribution in [0.1, 0.15) is 55.4 Å². The van der Waals surface area contributed by atoms with Crippen LogP contribution in [0.2, 0.25) is 24.2 Å². The van der Waals surface area contributed by atoms with Gasteiger partial charge in [-0.3, -0.25) is 0 Å². The van der Waals surface area contributed by atoms with Gasteiger partial charge >= 0.3 is 40.7 Å². The fourth-order valence-corrected chi connectivity index (χ4v) is 19.5. The van der Waals surface area contributed by atoms with Crippen molar-refractivity contribution in [2.24, 2.45) is 0 Å². The number of anilines is 4. The molecule has 4 aromatic carbocycles. The maximum Gasteiger partial charge on any atom is 2.00 e. The van der Waals surface area contributed by atoms with Gasteiger partial charge in [0.05, 0.1) is 0 Å². The second-order valence-corrected chi connectivity index (χ2v) is 27.8. The molecule has 0 aliphatic rings. The van der Waals surface area contributed by atoms with Crippen molar-refractivity contribution < 1.29 is 52.4 Å². The molecule has 10 nitrogen and oxygen atoms in total. The molecule has 0 spiro atoms. The van der Waals surface area contributed by atoms with Gasteiger partial charge in [-0.15, -0.1) is 26.3 Å². The summed E-state index contributed by atoms with van der Waals surface area (Å²) in [5.41, 5.74) is 4.02. The Morgan fingerprint density at radius 2 is 0.549 bits per heavy atom. The molecule has 0 saturated carbocycles. The van der Waals surface area contributed by atoms with E-state index in [9.17, 15) is 0 Å². The summed E-state index contributed by atoms with van der Waals surface area (Å²) in [6, 6.07) is 36.9. The maximum atomic E-state index is 6.31. The van der Waals surface area contributed by atoms with Gasteiger partial charge in [0.1, 0.15) is 0 Å². The molecule has 2 N–H and O–H groups in total. The number of hydrogen-bond donors (Lipinski definition) is 2. The molecule has 0 bridgehead atoms. The smallest absolute Gasteiger partial charge is 1.00 e. The van der Waals surface area contributed by atoms with Crippen LogP contribution in [0.5, 0.6) is 0 Å². The first-order valence-corrected chi connectivity index (χ1v) is 32.5. The Kier molecular flexibility index (Phi) is 35.9. The van der Waals surface area contributed by atoms with E-state index in [1.807, 2.05) is 114 Å². The van der Waals surface area contributed by atoms with Gasteiger partial charge in [-0.2, -0.15) is 0 Å². The molecule has 0 atom stereocenters. The quantitative estimate of drug-likeness (QED) is 0.0284. The SMILES string of the molecule is C=CC[Si](CC=C)(OCC)c1ccc(Nc2ccc([Si](CC=C)(CC=C)OCC)cc2)cc1.C=C[CH2-].CCO[Si](OCC)(OCC)c1ccc(Nc2ccc([Si](OCC)(OCC)OCC)cc2)cc1.[Br-].[Mg+2]. The van der Waals surface area contributed by atoms with Crippen molar-refractivity contribution in [3.05, 3.63) is 167 Å². The molecule has 0 heterocycles. The van der Waals surface area contributed by atoms with Crippen LogP contribution in [0.4, 0.5) is 22.7 Å². The van der Waals surface area contributed by atoms with Crippen LogP contribution in [-0.4, -0.2) is 110 Å². The zero-order valence-electron chi connectivity index (χ0n) is 44.2. The number of allylic oxidation sites excluding steroid dienone is 5. The van der Waals surface area contributed by atoms with Gasteiger partial charge in [-0.25, -0.2) is 19.6 Å². The fraction of sp³-hybridized carbons (Fsp3) is 0.364. The molecule has 0 aliphatic carbocycles. The molecule has 4 aromatic rings. The third-order valence-electron chi connectivity index (χ3n) is 10.6. The van der Waals surface area contributed by atoms with Gasteiger partial charge in [-0.1, -0.05) is 72.8 Å². The van der Waals surface area contributed by atoms with Crippen LogP contribution in [0.25, 0.3) is 0 Å². The average Bonchev–Trinajstić information content (AvgIpc) is 3.34. The molecule has 16 heteroatoms. The summed E-state index contributed by atoms with van der Waals surface area (Å²) in [6.07, 6.45) is 9.40. The van der Waals surface area contributed by atoms with Gasteiger partial charge in [0, 0.05) is 86.0 Å². The number of rotatable bonds is 32. The minimum Gasteiger partial charge on any atom is -1.00 e. The minimum absolute atomic E-state index is 0. The van der Waals surface area contributed by atoms with Gasteiger partial charge in [0.15, 0.2) is 0 Å². The Hall–Kier alpha value is -3.16. The van der Waals surface area contributed by atoms with Crippen molar-refractivity contribution in [1.29, 1.82) is 0 Å². The Bertz CT molecular complexity index is 1870. The Labute approximate surface area is 460 Å². The van der Waals surface area contributed by atoms with E-state index in [1.165, 1.54) is 16.4 Å². The summed E-state index contributed by atoms with van der Waals surface area (Å²) in [7, 11) is -10.1. The van der Waals surface area contributed by atoms with E-state index in [4.69, 9.17) is 35.4 Å². The molecule has 0 radical (unpaired) electrons. The van der Waals surface area contributed by atoms with E-state index in [0.717, 1.165) is 57.3 Å². The van der Waals surface area contributed by atoms with Gasteiger partial charge in [-0.05, 0) is 138 Å². The van der Waals surface area contributed by atoms with Gasteiger partial charge < -0.3 is 63.0 Å². The van der Waals surface area contributed by atoms with E-state index in [-0.39, 0.29) is 40.0 Å². The van der Waals surface area contributed by atoms with Crippen LogP contribution in [0.15, 0.2) is 160 Å². The predicted octanol–water partition coefficient (Wildman–Crippen LogP) is 8.12. The van der Waals surface area contributed by atoms with Crippen LogP contribution in [0.3, 0.4) is 0 Å². The first-order valence-electron chi connectivity index (χ1n) is 24.4. The monoisotopic (exact) mass is 1110 g/mol. The normalized spacial score (nSPS) is 11.2. The number of nitrogens with one attached hydrogen (secondary N) is 2. The van der Waals surface area contributed by atoms with Crippen molar-refractivity contribution in [2.45, 2.75) is 79.6 Å². The molecule has 71 heavy (non-hydrogen) atoms. The molecule has 0 amide bonds. The van der Waals surface area contributed by atoms with Crippen molar-refractivity contribution in [1.82, 2.24) is 0 Å². The fourth-order valence-electron chi connectivity index (χ4n) is 7.98. The summed E-state index contributed by atoms with van der Waals surface area (Å²) in [4.78, 5) is 0. The van der Waals surface area contributed by atoms with Gasteiger partial charge in [0.2, 0.25) is 16.6 Å². The van der Waals surface area contributed by atoms with E-state index in [1.54, 1.807) is 0 Å². The molecule has 386 valence electrons. The zero-order chi connectivity index (χ0) is 51.0. The molecular weight excluding hydrogens is 1030 g/mol. The van der Waals surface area contributed by atoms with E-state index >= 15 is 0 Å². The Morgan fingerprint density at radius 3 is 0.718 bits per heavy atom. The Morgan fingerprint density at radius 1 is 0.366 bits per heavy atom. The molecule has 0 aromatic heterocycles. The third kappa shape index (κ3) is 20.6. The zero-order valence-corrected chi connectivity index (χ0v) is 51.2. The standard InChI is InChI=1S/C28H39NO2Si2.C24H39NO6Si2.C3H5.BrH.Mg/c1-7-21-32(22-8-2,30-11-5)27-17-13-25(14-18-27)29-26-15-19-28(20-16-26)33(23-9-3,24-10-4)31-12-6;1-7-26-32(27-8-2,28-9-3)23-17-13-21(14-18-23)25-22-15-19-24(20-16-22)33(29-10-4,30-11-5)31-12-6;1-3-2;;/h7-10,13-20,29H,1-4,11-12,21-24H2,5-6H3;13-20,25H,7-12H2,1-6H3;3H,1-2H2;1H;/q;;-1;;+2/p-1. The molecule has 0 saturated heterocycles. The van der Waals surface area contributed by atoms with E-state index < -0.39 is 34.2 Å². The topological polar surface area (TPSA) is 97.9 Å². The van der Waals surface area contributed by atoms with E-state index in [0.29, 0.717) is 52.9 Å². The second kappa shape index (κ2) is 37.6. The van der Waals surface area contributed by atoms with Crippen LogP contribution in [0, 0.1) is 6.92 Å². The predicted molar refractivity (Wildman–Crippen MR) is 308 cm³/mol. The second-order valence-electron chi connectivity index (χ2n) is 15.4. The first-order chi connectivity index (χ1) is 33.5. The molecular formula is C55H83BrMgN2O8Si4. The molecule has 4 rings (SSSR count). The maximum absolute atomic E-state index is 6.31. The summed E-state index contributed by atoms with van der Waals surface area (Å²) in [6.45, 7) is 42.8. The molecule has 0 aliphatic heterocycles. The minimum atomic E-state index is -2.90. The van der Waals surface area contributed by atoms with Crippen LogP contribution < -0.4 is 48.4 Å². The number of benzene rings is 4. The van der Waals surface area contributed by atoms with Crippen molar-refractivity contribution in [3.63, 3.8) is 0 Å². The summed E-state index contributed by atoms with van der Waals surface area (Å²) < 4.78 is 48.6. The number of hydrogen-bond acceptors (Lipinski definition) is 10. The number of halogens is 1.